The molecule has 0 saturated carbocycles. The Morgan fingerprint density at radius 1 is 1.47 bits per heavy atom. The molecule has 0 aliphatic carbocycles. The van der Waals surface area contributed by atoms with Gasteiger partial charge in [0.25, 0.3) is 0 Å². The van der Waals surface area contributed by atoms with E-state index in [0.29, 0.717) is 13.1 Å². The predicted octanol–water partition coefficient (Wildman–Crippen LogP) is 0.923. The smallest absolute Gasteiger partial charge is 0.236 e. The van der Waals surface area contributed by atoms with Gasteiger partial charge in [-0.2, -0.15) is 0 Å². The van der Waals surface area contributed by atoms with Crippen LogP contribution in [-0.4, -0.2) is 55.0 Å². The predicted molar refractivity (Wildman–Crippen MR) is 73.7 cm³/mol. The quantitative estimate of drug-likeness (QED) is 0.860. The Hall–Kier alpha value is -1.33. The first-order valence-electron chi connectivity index (χ1n) is 7.03. The lowest BCUT2D eigenvalue weighted by Crippen LogP contribution is -2.41. The minimum atomic E-state index is 0.220. The number of hydrogen-bond acceptors (Lipinski definition) is 4. The van der Waals surface area contributed by atoms with Crippen LogP contribution in [-0.2, 0) is 11.3 Å². The molecule has 1 fully saturated rings. The van der Waals surface area contributed by atoms with E-state index in [4.69, 9.17) is 4.42 Å². The molecule has 1 aliphatic rings. The summed E-state index contributed by atoms with van der Waals surface area (Å²) in [6.07, 6.45) is 2.71. The first kappa shape index (κ1) is 14.1. The zero-order chi connectivity index (χ0) is 13.5. The summed E-state index contributed by atoms with van der Waals surface area (Å²) in [5.41, 5.74) is 0. The van der Waals surface area contributed by atoms with Gasteiger partial charge in [0, 0.05) is 19.6 Å². The van der Waals surface area contributed by atoms with Crippen molar-refractivity contribution >= 4 is 5.91 Å². The number of likely N-dealkylation sites (N-methyl/N-ethyl adjacent to an activating group) is 1. The first-order chi connectivity index (χ1) is 9.29. The molecule has 0 bridgehead atoms. The van der Waals surface area contributed by atoms with Gasteiger partial charge in [0.15, 0.2) is 0 Å². The molecule has 5 heteroatoms. The summed E-state index contributed by atoms with van der Waals surface area (Å²) in [6.45, 7) is 7.67. The molecule has 1 N–H and O–H groups in total. The van der Waals surface area contributed by atoms with E-state index in [0.717, 1.165) is 44.9 Å². The van der Waals surface area contributed by atoms with Gasteiger partial charge in [0.05, 0.1) is 19.4 Å². The van der Waals surface area contributed by atoms with Gasteiger partial charge in [-0.25, -0.2) is 0 Å². The summed E-state index contributed by atoms with van der Waals surface area (Å²) in [5.74, 6) is 1.13. The van der Waals surface area contributed by atoms with E-state index < -0.39 is 0 Å². The topological polar surface area (TPSA) is 48.7 Å². The highest BCUT2D eigenvalue weighted by Crippen LogP contribution is 2.06. The lowest BCUT2D eigenvalue weighted by molar-refractivity contribution is -0.132. The Morgan fingerprint density at radius 2 is 2.37 bits per heavy atom. The van der Waals surface area contributed by atoms with E-state index in [9.17, 15) is 4.79 Å². The average Bonchev–Trinajstić information content (AvgIpc) is 2.77. The Labute approximate surface area is 114 Å². The summed E-state index contributed by atoms with van der Waals surface area (Å²) >= 11 is 0. The van der Waals surface area contributed by atoms with E-state index in [1.165, 1.54) is 0 Å². The fraction of sp³-hybridized carbons (Fsp3) is 0.643. The first-order valence-corrected chi connectivity index (χ1v) is 7.03. The van der Waals surface area contributed by atoms with Crippen molar-refractivity contribution in [1.82, 2.24) is 15.1 Å². The lowest BCUT2D eigenvalue weighted by Gasteiger charge is -2.25. The second-order valence-corrected chi connectivity index (χ2v) is 4.87. The second kappa shape index (κ2) is 7.31. The number of rotatable bonds is 5. The van der Waals surface area contributed by atoms with Gasteiger partial charge in [-0.05, 0) is 31.6 Å². The Balaban J connectivity index is 1.84. The van der Waals surface area contributed by atoms with Crippen molar-refractivity contribution < 1.29 is 9.21 Å². The molecule has 0 aromatic carbocycles. The number of hydrogen-bond donors (Lipinski definition) is 1. The zero-order valence-electron chi connectivity index (χ0n) is 11.6. The van der Waals surface area contributed by atoms with Gasteiger partial charge < -0.3 is 14.6 Å². The molecule has 1 aromatic rings. The van der Waals surface area contributed by atoms with Gasteiger partial charge in [-0.15, -0.1) is 0 Å². The molecule has 2 rings (SSSR count). The Morgan fingerprint density at radius 3 is 3.11 bits per heavy atom. The number of carbonyl (C=O) groups excluding carboxylic acids is 1. The molecule has 1 aliphatic heterocycles. The standard InChI is InChI=1S/C14H23N3O2/c1-2-16(11-13-5-3-10-19-13)12-14(18)17-8-4-6-15-7-9-17/h3,5,10,15H,2,4,6-9,11-12H2,1H3. The van der Waals surface area contributed by atoms with E-state index in [1.54, 1.807) is 6.26 Å². The number of nitrogens with one attached hydrogen (secondary N) is 1. The van der Waals surface area contributed by atoms with Crippen LogP contribution in [0.1, 0.15) is 19.1 Å². The molecule has 1 saturated heterocycles. The second-order valence-electron chi connectivity index (χ2n) is 4.87. The normalized spacial score (nSPS) is 16.6. The highest BCUT2D eigenvalue weighted by Gasteiger charge is 2.18. The maximum absolute atomic E-state index is 12.3. The number of nitrogens with zero attached hydrogens (tertiary/aromatic N) is 2. The Kier molecular flexibility index (Phi) is 5.42. The molecular weight excluding hydrogens is 242 g/mol. The summed E-state index contributed by atoms with van der Waals surface area (Å²) in [7, 11) is 0. The number of furan rings is 1. The summed E-state index contributed by atoms with van der Waals surface area (Å²) in [6, 6.07) is 3.83. The van der Waals surface area contributed by atoms with Gasteiger partial charge in [-0.3, -0.25) is 9.69 Å². The molecule has 1 aromatic heterocycles. The fourth-order valence-corrected chi connectivity index (χ4v) is 2.29. The van der Waals surface area contributed by atoms with Crippen LogP contribution < -0.4 is 5.32 Å². The third-order valence-corrected chi connectivity index (χ3v) is 3.46. The minimum absolute atomic E-state index is 0.220. The molecule has 0 unspecified atom stereocenters. The van der Waals surface area contributed by atoms with Gasteiger partial charge in [0.1, 0.15) is 5.76 Å². The third-order valence-electron chi connectivity index (χ3n) is 3.46. The molecule has 0 radical (unpaired) electrons. The van der Waals surface area contributed by atoms with Gasteiger partial charge in [-0.1, -0.05) is 6.92 Å². The largest absolute Gasteiger partial charge is 0.468 e. The van der Waals surface area contributed by atoms with E-state index in [-0.39, 0.29) is 5.91 Å². The fourth-order valence-electron chi connectivity index (χ4n) is 2.29. The average molecular weight is 265 g/mol. The third kappa shape index (κ3) is 4.36. The van der Waals surface area contributed by atoms with Crippen molar-refractivity contribution in [3.05, 3.63) is 24.2 Å². The number of carbonyl (C=O) groups is 1. The van der Waals surface area contributed by atoms with Crippen LogP contribution in [0.5, 0.6) is 0 Å². The van der Waals surface area contributed by atoms with Crippen molar-refractivity contribution in [2.45, 2.75) is 19.9 Å². The molecule has 5 nitrogen and oxygen atoms in total. The van der Waals surface area contributed by atoms with Crippen molar-refractivity contribution in [3.63, 3.8) is 0 Å². The molecule has 106 valence electrons. The van der Waals surface area contributed by atoms with E-state index in [2.05, 4.69) is 17.1 Å². The van der Waals surface area contributed by atoms with Crippen molar-refractivity contribution in [2.24, 2.45) is 0 Å². The van der Waals surface area contributed by atoms with Crippen LogP contribution in [0.2, 0.25) is 0 Å². The van der Waals surface area contributed by atoms with E-state index >= 15 is 0 Å². The van der Waals surface area contributed by atoms with Crippen LogP contribution in [0.25, 0.3) is 0 Å². The maximum atomic E-state index is 12.3. The van der Waals surface area contributed by atoms with Crippen LogP contribution in [0.15, 0.2) is 22.8 Å². The lowest BCUT2D eigenvalue weighted by atomic mass is 10.3. The van der Waals surface area contributed by atoms with E-state index in [1.807, 2.05) is 17.0 Å². The van der Waals surface area contributed by atoms with Crippen LogP contribution >= 0.6 is 0 Å². The van der Waals surface area contributed by atoms with Gasteiger partial charge >= 0.3 is 0 Å². The van der Waals surface area contributed by atoms with Gasteiger partial charge in [0.2, 0.25) is 5.91 Å². The van der Waals surface area contributed by atoms with Crippen molar-refractivity contribution in [3.8, 4) is 0 Å². The Bertz CT molecular complexity index is 370. The molecule has 0 spiro atoms. The molecular formula is C14H23N3O2. The number of amides is 1. The maximum Gasteiger partial charge on any atom is 0.236 e. The van der Waals surface area contributed by atoms with Crippen LogP contribution in [0.3, 0.4) is 0 Å². The summed E-state index contributed by atoms with van der Waals surface area (Å²) in [4.78, 5) is 16.3. The highest BCUT2D eigenvalue weighted by atomic mass is 16.3. The van der Waals surface area contributed by atoms with Crippen molar-refractivity contribution in [2.75, 3.05) is 39.3 Å². The molecule has 19 heavy (non-hydrogen) atoms. The van der Waals surface area contributed by atoms with Crippen LogP contribution in [0, 0.1) is 0 Å². The minimum Gasteiger partial charge on any atom is -0.468 e. The monoisotopic (exact) mass is 265 g/mol. The summed E-state index contributed by atoms with van der Waals surface area (Å²) < 4.78 is 5.34. The SMILES string of the molecule is CCN(CC(=O)N1CCCNCC1)Cc1ccco1. The summed E-state index contributed by atoms with van der Waals surface area (Å²) in [5, 5.41) is 3.31. The zero-order valence-corrected chi connectivity index (χ0v) is 11.6. The van der Waals surface area contributed by atoms with Crippen molar-refractivity contribution in [1.29, 1.82) is 0 Å². The highest BCUT2D eigenvalue weighted by molar-refractivity contribution is 5.78. The molecule has 1 amide bonds. The van der Waals surface area contributed by atoms with Crippen LogP contribution in [0.4, 0.5) is 0 Å². The molecule has 2 heterocycles. The molecule has 0 atom stereocenters.